The molecule has 0 fully saturated rings. The molecule has 1 N–H and O–H groups in total. The number of carboxylic acids is 1. The van der Waals surface area contributed by atoms with E-state index in [1.54, 1.807) is 0 Å². The summed E-state index contributed by atoms with van der Waals surface area (Å²) in [5, 5.41) is 8.62. The summed E-state index contributed by atoms with van der Waals surface area (Å²) in [4.78, 5) is 10.5. The van der Waals surface area contributed by atoms with Gasteiger partial charge in [-0.2, -0.15) is 0 Å². The van der Waals surface area contributed by atoms with Crippen molar-refractivity contribution in [1.82, 2.24) is 0 Å². The third-order valence-corrected chi connectivity index (χ3v) is 4.09. The first-order chi connectivity index (χ1) is 11.4. The maximum absolute atomic E-state index is 10.5. The summed E-state index contributed by atoms with van der Waals surface area (Å²) in [7, 11) is 0. The third-order valence-electron chi connectivity index (χ3n) is 4.09. The number of fused-ring (bicyclic) bond motifs is 1. The Bertz CT molecular complexity index is 732. The summed E-state index contributed by atoms with van der Waals surface area (Å²) < 4.78 is 11.6. The quantitative estimate of drug-likeness (QED) is 0.804. The molecule has 4 nitrogen and oxygen atoms in total. The van der Waals surface area contributed by atoms with Gasteiger partial charge in [-0.15, -0.1) is 0 Å². The van der Waals surface area contributed by atoms with Crippen LogP contribution in [0.1, 0.15) is 32.3 Å². The lowest BCUT2D eigenvalue weighted by Crippen LogP contribution is -2.24. The predicted octanol–water partition coefficient (Wildman–Crippen LogP) is 4.31. The zero-order valence-corrected chi connectivity index (χ0v) is 14.0. The molecular weight excluding hydrogens is 304 g/mol. The van der Waals surface area contributed by atoms with Gasteiger partial charge in [-0.25, -0.2) is 0 Å². The molecule has 0 atom stereocenters. The SMILES string of the molecule is CC1(C)Cc2c(cccc2-c2ccc(OCCCC(=O)O)cc2)O1. The van der Waals surface area contributed by atoms with E-state index in [1.807, 2.05) is 36.4 Å². The lowest BCUT2D eigenvalue weighted by atomic mass is 9.93. The van der Waals surface area contributed by atoms with Gasteiger partial charge >= 0.3 is 5.97 Å². The first-order valence-corrected chi connectivity index (χ1v) is 8.20. The normalized spacial score (nSPS) is 14.8. The van der Waals surface area contributed by atoms with Crippen LogP contribution in [0.25, 0.3) is 11.1 Å². The molecule has 1 heterocycles. The standard InChI is InChI=1S/C20H22O4/c1-20(2)13-17-16(5-3-6-18(17)24-20)14-8-10-15(11-9-14)23-12-4-7-19(21)22/h3,5-6,8-11H,4,7,12-13H2,1-2H3,(H,21,22). The molecule has 3 rings (SSSR count). The second kappa shape index (κ2) is 6.56. The van der Waals surface area contributed by atoms with E-state index < -0.39 is 5.97 Å². The molecule has 0 aliphatic carbocycles. The molecule has 0 bridgehead atoms. The fraction of sp³-hybridized carbons (Fsp3) is 0.350. The fourth-order valence-corrected chi connectivity index (χ4v) is 3.02. The topological polar surface area (TPSA) is 55.8 Å². The van der Waals surface area contributed by atoms with Crippen LogP contribution in [0.4, 0.5) is 0 Å². The number of hydrogen-bond donors (Lipinski definition) is 1. The Morgan fingerprint density at radius 1 is 1.21 bits per heavy atom. The number of hydrogen-bond acceptors (Lipinski definition) is 3. The van der Waals surface area contributed by atoms with Crippen LogP contribution in [-0.4, -0.2) is 23.3 Å². The smallest absolute Gasteiger partial charge is 0.303 e. The van der Waals surface area contributed by atoms with Crippen molar-refractivity contribution in [3.63, 3.8) is 0 Å². The highest BCUT2D eigenvalue weighted by molar-refractivity contribution is 5.71. The molecule has 24 heavy (non-hydrogen) atoms. The molecule has 0 aromatic heterocycles. The Labute approximate surface area is 142 Å². The van der Waals surface area contributed by atoms with Crippen LogP contribution in [-0.2, 0) is 11.2 Å². The van der Waals surface area contributed by atoms with Gasteiger partial charge < -0.3 is 14.6 Å². The second-order valence-electron chi connectivity index (χ2n) is 6.69. The van der Waals surface area contributed by atoms with Crippen LogP contribution in [0.5, 0.6) is 11.5 Å². The van der Waals surface area contributed by atoms with Crippen LogP contribution >= 0.6 is 0 Å². The molecule has 0 radical (unpaired) electrons. The number of carbonyl (C=O) groups is 1. The fourth-order valence-electron chi connectivity index (χ4n) is 3.02. The molecule has 126 valence electrons. The highest BCUT2D eigenvalue weighted by Crippen LogP contribution is 2.40. The number of benzene rings is 2. The van der Waals surface area contributed by atoms with Crippen LogP contribution in [0.15, 0.2) is 42.5 Å². The van der Waals surface area contributed by atoms with E-state index in [9.17, 15) is 4.79 Å². The maximum atomic E-state index is 10.5. The lowest BCUT2D eigenvalue weighted by molar-refractivity contribution is -0.137. The largest absolute Gasteiger partial charge is 0.494 e. The van der Waals surface area contributed by atoms with E-state index in [0.717, 1.165) is 23.5 Å². The minimum atomic E-state index is -0.794. The first-order valence-electron chi connectivity index (χ1n) is 8.20. The Hall–Kier alpha value is -2.49. The summed E-state index contributed by atoms with van der Waals surface area (Å²) in [6.07, 6.45) is 1.53. The van der Waals surface area contributed by atoms with Crippen molar-refractivity contribution in [2.75, 3.05) is 6.61 Å². The van der Waals surface area contributed by atoms with Crippen molar-refractivity contribution >= 4 is 5.97 Å². The minimum absolute atomic E-state index is 0.129. The van der Waals surface area contributed by atoms with Crippen molar-refractivity contribution in [2.24, 2.45) is 0 Å². The molecule has 2 aromatic carbocycles. The number of rotatable bonds is 6. The van der Waals surface area contributed by atoms with Gasteiger partial charge in [0.2, 0.25) is 0 Å². The van der Waals surface area contributed by atoms with Gasteiger partial charge in [0.1, 0.15) is 17.1 Å². The van der Waals surface area contributed by atoms with E-state index in [0.29, 0.717) is 13.0 Å². The van der Waals surface area contributed by atoms with Crippen molar-refractivity contribution in [2.45, 2.75) is 38.7 Å². The number of aliphatic carboxylic acids is 1. The average Bonchev–Trinajstić information content (AvgIpc) is 2.85. The summed E-state index contributed by atoms with van der Waals surface area (Å²) in [6, 6.07) is 14.1. The molecule has 1 aliphatic heterocycles. The van der Waals surface area contributed by atoms with Crippen molar-refractivity contribution in [3.05, 3.63) is 48.0 Å². The van der Waals surface area contributed by atoms with E-state index >= 15 is 0 Å². The molecule has 4 heteroatoms. The van der Waals surface area contributed by atoms with Gasteiger partial charge in [-0.05, 0) is 49.6 Å². The monoisotopic (exact) mass is 326 g/mol. The zero-order valence-electron chi connectivity index (χ0n) is 14.0. The van der Waals surface area contributed by atoms with E-state index in [-0.39, 0.29) is 12.0 Å². The second-order valence-corrected chi connectivity index (χ2v) is 6.69. The zero-order chi connectivity index (χ0) is 17.2. The Morgan fingerprint density at radius 3 is 2.67 bits per heavy atom. The molecule has 1 aliphatic rings. The van der Waals surface area contributed by atoms with Gasteiger partial charge in [0.25, 0.3) is 0 Å². The van der Waals surface area contributed by atoms with Crippen molar-refractivity contribution in [3.8, 4) is 22.6 Å². The first kappa shape index (κ1) is 16.4. The highest BCUT2D eigenvalue weighted by Gasteiger charge is 2.31. The highest BCUT2D eigenvalue weighted by atomic mass is 16.5. The molecular formula is C20H22O4. The summed E-state index contributed by atoms with van der Waals surface area (Å²) >= 11 is 0. The van der Waals surface area contributed by atoms with Gasteiger partial charge in [0.15, 0.2) is 0 Å². The molecule has 0 saturated heterocycles. The van der Waals surface area contributed by atoms with E-state index in [1.165, 1.54) is 11.1 Å². The molecule has 0 saturated carbocycles. The number of carboxylic acid groups (broad SMARTS) is 1. The summed E-state index contributed by atoms with van der Waals surface area (Å²) in [6.45, 7) is 4.62. The van der Waals surface area contributed by atoms with Gasteiger partial charge in [-0.1, -0.05) is 24.3 Å². The minimum Gasteiger partial charge on any atom is -0.494 e. The Morgan fingerprint density at radius 2 is 1.96 bits per heavy atom. The van der Waals surface area contributed by atoms with Crippen molar-refractivity contribution < 1.29 is 19.4 Å². The predicted molar refractivity (Wildman–Crippen MR) is 92.7 cm³/mol. The summed E-state index contributed by atoms with van der Waals surface area (Å²) in [5.41, 5.74) is 3.41. The van der Waals surface area contributed by atoms with Gasteiger partial charge in [-0.3, -0.25) is 4.79 Å². The van der Waals surface area contributed by atoms with Gasteiger partial charge in [0.05, 0.1) is 6.61 Å². The summed E-state index contributed by atoms with van der Waals surface area (Å²) in [5.74, 6) is 0.928. The van der Waals surface area contributed by atoms with E-state index in [2.05, 4.69) is 19.9 Å². The van der Waals surface area contributed by atoms with Crippen LogP contribution in [0.2, 0.25) is 0 Å². The molecule has 0 unspecified atom stereocenters. The lowest BCUT2D eigenvalue weighted by Gasteiger charge is -2.16. The van der Waals surface area contributed by atoms with Crippen LogP contribution in [0, 0.1) is 0 Å². The van der Waals surface area contributed by atoms with E-state index in [4.69, 9.17) is 14.6 Å². The van der Waals surface area contributed by atoms with Crippen LogP contribution < -0.4 is 9.47 Å². The Balaban J connectivity index is 1.71. The molecule has 2 aromatic rings. The molecule has 0 amide bonds. The Kier molecular flexibility index (Phi) is 4.47. The number of ether oxygens (including phenoxy) is 2. The molecule has 0 spiro atoms. The average molecular weight is 326 g/mol. The van der Waals surface area contributed by atoms with Crippen LogP contribution in [0.3, 0.4) is 0 Å². The van der Waals surface area contributed by atoms with Crippen molar-refractivity contribution in [1.29, 1.82) is 0 Å². The maximum Gasteiger partial charge on any atom is 0.303 e. The van der Waals surface area contributed by atoms with Gasteiger partial charge in [0, 0.05) is 18.4 Å². The third kappa shape index (κ3) is 3.70.